The van der Waals surface area contributed by atoms with Gasteiger partial charge in [-0.05, 0) is 32.8 Å². The van der Waals surface area contributed by atoms with Crippen LogP contribution in [0.5, 0.6) is 0 Å². The van der Waals surface area contributed by atoms with Crippen molar-refractivity contribution in [2.45, 2.75) is 39.3 Å². The molecule has 1 saturated heterocycles. The standard InChI is InChI=1S/C13H22N4O2/c1-10-9-11(2)17(16-10)6-5-14-13(18)15-12-3-7-19-8-4-12/h9,12H,3-8H2,1-2H3,(H2,14,15,18). The zero-order valence-electron chi connectivity index (χ0n) is 11.6. The molecule has 0 bridgehead atoms. The number of amides is 2. The molecule has 1 fully saturated rings. The number of ether oxygens (including phenoxy) is 1. The third kappa shape index (κ3) is 4.24. The molecule has 0 atom stereocenters. The predicted molar refractivity (Wildman–Crippen MR) is 72.1 cm³/mol. The van der Waals surface area contributed by atoms with Crippen LogP contribution in [0.15, 0.2) is 6.07 Å². The van der Waals surface area contributed by atoms with Crippen LogP contribution in [0.1, 0.15) is 24.2 Å². The first kappa shape index (κ1) is 13.9. The van der Waals surface area contributed by atoms with E-state index in [1.807, 2.05) is 24.6 Å². The summed E-state index contributed by atoms with van der Waals surface area (Å²) in [5, 5.41) is 10.2. The van der Waals surface area contributed by atoms with E-state index in [-0.39, 0.29) is 12.1 Å². The Morgan fingerprint density at radius 3 is 2.84 bits per heavy atom. The quantitative estimate of drug-likeness (QED) is 0.853. The average molecular weight is 266 g/mol. The fourth-order valence-corrected chi connectivity index (χ4v) is 2.25. The van der Waals surface area contributed by atoms with E-state index in [0.29, 0.717) is 13.1 Å². The lowest BCUT2D eigenvalue weighted by Crippen LogP contribution is -2.45. The van der Waals surface area contributed by atoms with Gasteiger partial charge in [0.05, 0.1) is 12.2 Å². The van der Waals surface area contributed by atoms with E-state index in [4.69, 9.17) is 4.74 Å². The summed E-state index contributed by atoms with van der Waals surface area (Å²) < 4.78 is 7.16. The summed E-state index contributed by atoms with van der Waals surface area (Å²) in [7, 11) is 0. The Morgan fingerprint density at radius 1 is 1.47 bits per heavy atom. The molecule has 106 valence electrons. The molecule has 0 unspecified atom stereocenters. The maximum atomic E-state index is 11.7. The summed E-state index contributed by atoms with van der Waals surface area (Å²) >= 11 is 0. The number of urea groups is 1. The fraction of sp³-hybridized carbons (Fsp3) is 0.692. The first-order chi connectivity index (χ1) is 9.15. The molecular formula is C13H22N4O2. The lowest BCUT2D eigenvalue weighted by Gasteiger charge is -2.23. The van der Waals surface area contributed by atoms with Crippen molar-refractivity contribution in [3.63, 3.8) is 0 Å². The van der Waals surface area contributed by atoms with Gasteiger partial charge in [0.15, 0.2) is 0 Å². The number of rotatable bonds is 4. The van der Waals surface area contributed by atoms with Crippen molar-refractivity contribution in [1.29, 1.82) is 0 Å². The molecule has 0 spiro atoms. The van der Waals surface area contributed by atoms with Crippen LogP contribution >= 0.6 is 0 Å². The number of hydrogen-bond donors (Lipinski definition) is 2. The molecule has 2 amide bonds. The zero-order valence-corrected chi connectivity index (χ0v) is 11.6. The van der Waals surface area contributed by atoms with Gasteiger partial charge in [-0.1, -0.05) is 0 Å². The highest BCUT2D eigenvalue weighted by atomic mass is 16.5. The van der Waals surface area contributed by atoms with E-state index >= 15 is 0 Å². The van der Waals surface area contributed by atoms with Gasteiger partial charge in [0.25, 0.3) is 0 Å². The second kappa shape index (κ2) is 6.56. The molecule has 1 aliphatic rings. The highest BCUT2D eigenvalue weighted by Gasteiger charge is 2.15. The van der Waals surface area contributed by atoms with Gasteiger partial charge in [0.1, 0.15) is 0 Å². The first-order valence-corrected chi connectivity index (χ1v) is 6.78. The maximum Gasteiger partial charge on any atom is 0.315 e. The van der Waals surface area contributed by atoms with Crippen LogP contribution in [0.4, 0.5) is 4.79 Å². The van der Waals surface area contributed by atoms with Crippen molar-refractivity contribution in [3.8, 4) is 0 Å². The van der Waals surface area contributed by atoms with Crippen LogP contribution in [0.2, 0.25) is 0 Å². The number of nitrogens with zero attached hydrogens (tertiary/aromatic N) is 2. The van der Waals surface area contributed by atoms with Crippen LogP contribution in [0.3, 0.4) is 0 Å². The molecule has 1 aromatic heterocycles. The van der Waals surface area contributed by atoms with Crippen molar-refractivity contribution < 1.29 is 9.53 Å². The Balaban J connectivity index is 1.67. The second-order valence-electron chi connectivity index (χ2n) is 4.94. The molecule has 2 N–H and O–H groups in total. The molecule has 6 heteroatoms. The Kier molecular flexibility index (Phi) is 4.79. The van der Waals surface area contributed by atoms with E-state index in [9.17, 15) is 4.79 Å². The minimum Gasteiger partial charge on any atom is -0.381 e. The molecule has 0 aliphatic carbocycles. The SMILES string of the molecule is Cc1cc(C)n(CCNC(=O)NC2CCOCC2)n1. The summed E-state index contributed by atoms with van der Waals surface area (Å²) in [6.45, 7) is 6.72. The minimum absolute atomic E-state index is 0.103. The maximum absolute atomic E-state index is 11.7. The van der Waals surface area contributed by atoms with Crippen LogP contribution in [-0.4, -0.2) is 41.6 Å². The van der Waals surface area contributed by atoms with Gasteiger partial charge in [0, 0.05) is 31.5 Å². The van der Waals surface area contributed by atoms with Gasteiger partial charge >= 0.3 is 6.03 Å². The summed E-state index contributed by atoms with van der Waals surface area (Å²) in [6.07, 6.45) is 1.79. The predicted octanol–water partition coefficient (Wildman–Crippen LogP) is 0.978. The van der Waals surface area contributed by atoms with Crippen LogP contribution < -0.4 is 10.6 Å². The van der Waals surface area contributed by atoms with Crippen molar-refractivity contribution >= 4 is 6.03 Å². The van der Waals surface area contributed by atoms with Crippen LogP contribution in [-0.2, 0) is 11.3 Å². The Morgan fingerprint density at radius 2 is 2.21 bits per heavy atom. The number of carbonyl (C=O) groups excluding carboxylic acids is 1. The lowest BCUT2D eigenvalue weighted by atomic mass is 10.1. The van der Waals surface area contributed by atoms with Gasteiger partial charge in [0.2, 0.25) is 0 Å². The lowest BCUT2D eigenvalue weighted by molar-refractivity contribution is 0.0801. The van der Waals surface area contributed by atoms with E-state index in [0.717, 1.165) is 37.4 Å². The molecule has 1 aromatic rings. The van der Waals surface area contributed by atoms with Gasteiger partial charge in [-0.2, -0.15) is 5.10 Å². The molecular weight excluding hydrogens is 244 g/mol. The van der Waals surface area contributed by atoms with Crippen molar-refractivity contribution in [2.75, 3.05) is 19.8 Å². The Labute approximate surface area is 113 Å². The summed E-state index contributed by atoms with van der Waals surface area (Å²) in [4.78, 5) is 11.7. The van der Waals surface area contributed by atoms with E-state index < -0.39 is 0 Å². The third-order valence-corrected chi connectivity index (χ3v) is 3.27. The first-order valence-electron chi connectivity index (χ1n) is 6.78. The second-order valence-corrected chi connectivity index (χ2v) is 4.94. The van der Waals surface area contributed by atoms with Crippen LogP contribution in [0, 0.1) is 13.8 Å². The molecule has 19 heavy (non-hydrogen) atoms. The highest BCUT2D eigenvalue weighted by Crippen LogP contribution is 2.05. The summed E-state index contributed by atoms with van der Waals surface area (Å²) in [5.74, 6) is 0. The molecule has 1 aliphatic heterocycles. The summed E-state index contributed by atoms with van der Waals surface area (Å²) in [5.41, 5.74) is 2.12. The van der Waals surface area contributed by atoms with Crippen LogP contribution in [0.25, 0.3) is 0 Å². The number of aryl methyl sites for hydroxylation is 2. The zero-order chi connectivity index (χ0) is 13.7. The van der Waals surface area contributed by atoms with Gasteiger partial charge in [-0.15, -0.1) is 0 Å². The summed E-state index contributed by atoms with van der Waals surface area (Å²) in [6, 6.07) is 2.16. The van der Waals surface area contributed by atoms with Crippen molar-refractivity contribution in [3.05, 3.63) is 17.5 Å². The van der Waals surface area contributed by atoms with Gasteiger partial charge in [-0.25, -0.2) is 4.79 Å². The number of hydrogen-bond acceptors (Lipinski definition) is 3. The van der Waals surface area contributed by atoms with Gasteiger partial charge in [-0.3, -0.25) is 4.68 Å². The van der Waals surface area contributed by atoms with E-state index in [1.165, 1.54) is 0 Å². The molecule has 0 radical (unpaired) electrons. The fourth-order valence-electron chi connectivity index (χ4n) is 2.25. The van der Waals surface area contributed by atoms with E-state index in [1.54, 1.807) is 0 Å². The molecule has 2 heterocycles. The normalized spacial score (nSPS) is 16.3. The molecule has 0 aromatic carbocycles. The van der Waals surface area contributed by atoms with Crippen molar-refractivity contribution in [1.82, 2.24) is 20.4 Å². The number of nitrogens with one attached hydrogen (secondary N) is 2. The number of carbonyl (C=O) groups is 1. The number of aromatic nitrogens is 2. The monoisotopic (exact) mass is 266 g/mol. The molecule has 0 saturated carbocycles. The molecule has 6 nitrogen and oxygen atoms in total. The third-order valence-electron chi connectivity index (χ3n) is 3.27. The van der Waals surface area contributed by atoms with E-state index in [2.05, 4.69) is 15.7 Å². The smallest absolute Gasteiger partial charge is 0.315 e. The van der Waals surface area contributed by atoms with Gasteiger partial charge < -0.3 is 15.4 Å². The topological polar surface area (TPSA) is 68.2 Å². The Bertz CT molecular complexity index is 424. The Hall–Kier alpha value is -1.56. The highest BCUT2D eigenvalue weighted by molar-refractivity contribution is 5.74. The minimum atomic E-state index is -0.103. The largest absolute Gasteiger partial charge is 0.381 e. The molecule has 2 rings (SSSR count). The van der Waals surface area contributed by atoms with Crippen molar-refractivity contribution in [2.24, 2.45) is 0 Å². The average Bonchev–Trinajstić information content (AvgIpc) is 2.69.